The molecule has 0 spiro atoms. The Labute approximate surface area is 181 Å². The smallest absolute Gasteiger partial charge is 0.331 e. The van der Waals surface area contributed by atoms with Crippen LogP contribution in [0.15, 0.2) is 42.5 Å². The number of fused-ring (bicyclic) bond motifs is 1. The molecular weight excluding hydrogens is 398 g/mol. The maximum absolute atomic E-state index is 12.4. The highest BCUT2D eigenvalue weighted by molar-refractivity contribution is 5.97. The van der Waals surface area contributed by atoms with Gasteiger partial charge in [0.05, 0.1) is 19.4 Å². The Morgan fingerprint density at radius 1 is 1.26 bits per heavy atom. The molecule has 2 aromatic rings. The summed E-state index contributed by atoms with van der Waals surface area (Å²) >= 11 is 0. The third kappa shape index (κ3) is 5.57. The molecule has 1 aliphatic heterocycles. The summed E-state index contributed by atoms with van der Waals surface area (Å²) in [5, 5.41) is 2.70. The first-order valence-electron chi connectivity index (χ1n) is 10.2. The van der Waals surface area contributed by atoms with Gasteiger partial charge in [-0.1, -0.05) is 12.1 Å². The Bertz CT molecular complexity index is 984. The molecule has 1 heterocycles. The predicted molar refractivity (Wildman–Crippen MR) is 118 cm³/mol. The molecule has 0 bridgehead atoms. The Morgan fingerprint density at radius 3 is 2.77 bits per heavy atom. The summed E-state index contributed by atoms with van der Waals surface area (Å²) in [4.78, 5) is 24.7. The van der Waals surface area contributed by atoms with Crippen LogP contribution >= 0.6 is 0 Å². The zero-order chi connectivity index (χ0) is 22.4. The van der Waals surface area contributed by atoms with E-state index in [-0.39, 0.29) is 6.10 Å². The van der Waals surface area contributed by atoms with Gasteiger partial charge in [0, 0.05) is 23.6 Å². The van der Waals surface area contributed by atoms with Gasteiger partial charge in [0.15, 0.2) is 6.10 Å². The Balaban J connectivity index is 1.65. The third-order valence-corrected chi connectivity index (χ3v) is 4.75. The molecule has 31 heavy (non-hydrogen) atoms. The fourth-order valence-electron chi connectivity index (χ4n) is 3.27. The minimum atomic E-state index is -0.988. The van der Waals surface area contributed by atoms with E-state index in [0.717, 1.165) is 17.7 Å². The van der Waals surface area contributed by atoms with Crippen molar-refractivity contribution < 1.29 is 28.5 Å². The highest BCUT2D eigenvalue weighted by Gasteiger charge is 2.22. The number of benzene rings is 2. The molecule has 0 aromatic heterocycles. The van der Waals surface area contributed by atoms with E-state index in [9.17, 15) is 9.59 Å². The number of carbonyl (C=O) groups excluding carboxylic acids is 2. The molecule has 0 radical (unpaired) electrons. The summed E-state index contributed by atoms with van der Waals surface area (Å²) in [5.74, 6) is 0.880. The maximum atomic E-state index is 12.4. The van der Waals surface area contributed by atoms with Crippen molar-refractivity contribution in [2.45, 2.75) is 39.4 Å². The monoisotopic (exact) mass is 425 g/mol. The number of hydrogen-bond acceptors (Lipinski definition) is 6. The molecule has 2 atom stereocenters. The number of nitrogens with one attached hydrogen (secondary N) is 1. The molecule has 164 valence electrons. The van der Waals surface area contributed by atoms with Gasteiger partial charge in [0.25, 0.3) is 5.91 Å². The van der Waals surface area contributed by atoms with Gasteiger partial charge in [-0.3, -0.25) is 4.79 Å². The van der Waals surface area contributed by atoms with Gasteiger partial charge < -0.3 is 24.3 Å². The zero-order valence-corrected chi connectivity index (χ0v) is 18.1. The summed E-state index contributed by atoms with van der Waals surface area (Å²) in [7, 11) is 1.51. The van der Waals surface area contributed by atoms with Crippen LogP contribution in [0.5, 0.6) is 17.2 Å². The molecule has 1 aliphatic rings. The van der Waals surface area contributed by atoms with Gasteiger partial charge >= 0.3 is 5.97 Å². The van der Waals surface area contributed by atoms with Crippen LogP contribution in [-0.4, -0.2) is 37.8 Å². The second-order valence-electron chi connectivity index (χ2n) is 7.17. The van der Waals surface area contributed by atoms with E-state index in [2.05, 4.69) is 5.32 Å². The van der Waals surface area contributed by atoms with Crippen molar-refractivity contribution in [3.63, 3.8) is 0 Å². The first kappa shape index (κ1) is 22.2. The van der Waals surface area contributed by atoms with Crippen LogP contribution in [0.3, 0.4) is 0 Å². The van der Waals surface area contributed by atoms with E-state index in [4.69, 9.17) is 18.9 Å². The highest BCUT2D eigenvalue weighted by Crippen LogP contribution is 2.35. The van der Waals surface area contributed by atoms with Gasteiger partial charge in [0.1, 0.15) is 23.4 Å². The average Bonchev–Trinajstić information content (AvgIpc) is 3.11. The van der Waals surface area contributed by atoms with E-state index >= 15 is 0 Å². The predicted octanol–water partition coefficient (Wildman–Crippen LogP) is 4.00. The molecule has 7 nitrogen and oxygen atoms in total. The number of rotatable bonds is 8. The maximum Gasteiger partial charge on any atom is 0.331 e. The molecule has 1 amide bonds. The lowest BCUT2D eigenvalue weighted by Gasteiger charge is -2.14. The lowest BCUT2D eigenvalue weighted by atomic mass is 10.1. The molecular formula is C24H27NO6. The number of anilines is 1. The van der Waals surface area contributed by atoms with Crippen LogP contribution in [0, 0.1) is 0 Å². The number of esters is 1. The number of hydrogen-bond donors (Lipinski definition) is 1. The SMILES string of the molecule is CCOc1cc2c(cc1/C=C/C(=O)OC(C)C(=O)Nc1ccccc1OC)OC(C)C2. The summed E-state index contributed by atoms with van der Waals surface area (Å²) in [6, 6.07) is 10.8. The summed E-state index contributed by atoms with van der Waals surface area (Å²) in [6.45, 7) is 5.91. The van der Waals surface area contributed by atoms with Crippen LogP contribution in [0.4, 0.5) is 5.69 Å². The fraction of sp³-hybridized carbons (Fsp3) is 0.333. The van der Waals surface area contributed by atoms with Gasteiger partial charge in [-0.15, -0.1) is 0 Å². The second kappa shape index (κ2) is 10.0. The van der Waals surface area contributed by atoms with Gasteiger partial charge in [-0.2, -0.15) is 0 Å². The largest absolute Gasteiger partial charge is 0.495 e. The molecule has 1 N–H and O–H groups in total. The van der Waals surface area contributed by atoms with E-state index in [1.165, 1.54) is 20.1 Å². The Morgan fingerprint density at radius 2 is 2.03 bits per heavy atom. The van der Waals surface area contributed by atoms with Crippen molar-refractivity contribution in [3.05, 3.63) is 53.6 Å². The van der Waals surface area contributed by atoms with E-state index in [1.54, 1.807) is 30.3 Å². The second-order valence-corrected chi connectivity index (χ2v) is 7.17. The molecule has 0 fully saturated rings. The standard InChI is InChI=1S/C24H27NO6/c1-5-29-21-14-18-12-15(2)30-22(18)13-17(21)10-11-23(26)31-16(3)24(27)25-19-8-6-7-9-20(19)28-4/h6-11,13-16H,5,12H2,1-4H3,(H,25,27)/b11-10+. The van der Waals surface area contributed by atoms with Crippen LogP contribution in [0.25, 0.3) is 6.08 Å². The number of amides is 1. The molecule has 0 saturated carbocycles. The van der Waals surface area contributed by atoms with Crippen LogP contribution in [0.1, 0.15) is 31.9 Å². The fourth-order valence-corrected chi connectivity index (χ4v) is 3.27. The minimum Gasteiger partial charge on any atom is -0.495 e. The van der Waals surface area contributed by atoms with Crippen molar-refractivity contribution in [1.29, 1.82) is 0 Å². The number of carbonyl (C=O) groups is 2. The van der Waals surface area contributed by atoms with Crippen LogP contribution in [-0.2, 0) is 20.7 Å². The molecule has 0 saturated heterocycles. The molecule has 2 unspecified atom stereocenters. The van der Waals surface area contributed by atoms with Crippen molar-refractivity contribution in [2.75, 3.05) is 19.0 Å². The molecule has 0 aliphatic carbocycles. The average molecular weight is 425 g/mol. The quantitative estimate of drug-likeness (QED) is 0.508. The molecule has 7 heteroatoms. The molecule has 3 rings (SSSR count). The van der Waals surface area contributed by atoms with E-state index in [1.807, 2.05) is 26.0 Å². The Kier molecular flexibility index (Phi) is 7.18. The number of methoxy groups -OCH3 is 1. The normalized spacial score (nSPS) is 15.7. The topological polar surface area (TPSA) is 83.1 Å². The van der Waals surface area contributed by atoms with Crippen molar-refractivity contribution in [1.82, 2.24) is 0 Å². The van der Waals surface area contributed by atoms with Crippen LogP contribution in [0.2, 0.25) is 0 Å². The minimum absolute atomic E-state index is 0.108. The lowest BCUT2D eigenvalue weighted by Crippen LogP contribution is -2.29. The van der Waals surface area contributed by atoms with Crippen LogP contribution < -0.4 is 19.5 Å². The molecule has 2 aromatic carbocycles. The zero-order valence-electron chi connectivity index (χ0n) is 18.1. The van der Waals surface area contributed by atoms with E-state index < -0.39 is 18.0 Å². The van der Waals surface area contributed by atoms with Crippen molar-refractivity contribution in [2.24, 2.45) is 0 Å². The summed E-state index contributed by atoms with van der Waals surface area (Å²) in [5.41, 5.74) is 2.29. The van der Waals surface area contributed by atoms with Gasteiger partial charge in [0.2, 0.25) is 0 Å². The number of para-hydroxylation sites is 2. The first-order chi connectivity index (χ1) is 14.9. The van der Waals surface area contributed by atoms with Crippen molar-refractivity contribution in [3.8, 4) is 17.2 Å². The first-order valence-corrected chi connectivity index (χ1v) is 10.2. The van der Waals surface area contributed by atoms with Gasteiger partial charge in [-0.25, -0.2) is 4.79 Å². The van der Waals surface area contributed by atoms with E-state index in [0.29, 0.717) is 29.4 Å². The Hall–Kier alpha value is -3.48. The highest BCUT2D eigenvalue weighted by atomic mass is 16.5. The lowest BCUT2D eigenvalue weighted by molar-refractivity contribution is -0.148. The van der Waals surface area contributed by atoms with Gasteiger partial charge in [-0.05, 0) is 51.1 Å². The van der Waals surface area contributed by atoms with Crippen molar-refractivity contribution >= 4 is 23.6 Å². The third-order valence-electron chi connectivity index (χ3n) is 4.75. The summed E-state index contributed by atoms with van der Waals surface area (Å²) < 4.78 is 21.9. The summed E-state index contributed by atoms with van der Waals surface area (Å²) in [6.07, 6.45) is 2.81. The number of ether oxygens (including phenoxy) is 4.